The van der Waals surface area contributed by atoms with E-state index in [0.29, 0.717) is 45.6 Å². The molecule has 1 heterocycles. The first-order chi connectivity index (χ1) is 17.0. The normalized spacial score (nSPS) is 14.2. The molecule has 0 aromatic heterocycles. The molecule has 0 radical (unpaired) electrons. The molecule has 0 aliphatic carbocycles. The molecule has 2 amide bonds. The molecule has 1 aliphatic heterocycles. The number of carbonyl (C=O) groups is 2. The van der Waals surface area contributed by atoms with Crippen LogP contribution in [0.25, 0.3) is 6.08 Å². The Hall–Kier alpha value is -4.22. The number of ether oxygens (including phenoxy) is 3. The molecule has 0 N–H and O–H groups in total. The van der Waals surface area contributed by atoms with Crippen molar-refractivity contribution >= 4 is 34.7 Å². The van der Waals surface area contributed by atoms with Gasteiger partial charge in [-0.15, -0.1) is 0 Å². The highest BCUT2D eigenvalue weighted by Gasteiger charge is 2.37. The first-order valence-corrected chi connectivity index (χ1v) is 11.7. The number of benzene rings is 3. The zero-order chi connectivity index (χ0) is 24.8. The maximum absolute atomic E-state index is 13.1. The molecule has 8 heteroatoms. The maximum Gasteiger partial charge on any atom is 0.298 e. The molecule has 0 unspecified atom stereocenters. The van der Waals surface area contributed by atoms with Gasteiger partial charge in [0.15, 0.2) is 11.5 Å². The molecule has 0 atom stereocenters. The summed E-state index contributed by atoms with van der Waals surface area (Å²) in [6.07, 6.45) is 1.65. The van der Waals surface area contributed by atoms with E-state index in [0.717, 1.165) is 22.2 Å². The number of para-hydroxylation sites is 2. The lowest BCUT2D eigenvalue weighted by Crippen LogP contribution is -2.28. The highest BCUT2D eigenvalue weighted by molar-refractivity contribution is 8.19. The fourth-order valence-corrected chi connectivity index (χ4v) is 4.39. The van der Waals surface area contributed by atoms with Gasteiger partial charge in [0, 0.05) is 5.56 Å². The van der Waals surface area contributed by atoms with Crippen LogP contribution in [-0.2, 0) is 11.4 Å². The van der Waals surface area contributed by atoms with Crippen molar-refractivity contribution in [2.45, 2.75) is 13.5 Å². The van der Waals surface area contributed by atoms with Crippen molar-refractivity contribution in [1.82, 2.24) is 0 Å². The van der Waals surface area contributed by atoms with E-state index >= 15 is 0 Å². The number of nitriles is 1. The Balaban J connectivity index is 1.58. The van der Waals surface area contributed by atoms with Crippen molar-refractivity contribution in [3.05, 3.63) is 88.3 Å². The van der Waals surface area contributed by atoms with Crippen molar-refractivity contribution in [1.29, 1.82) is 5.26 Å². The summed E-state index contributed by atoms with van der Waals surface area (Å²) in [5.74, 6) is 1.03. The van der Waals surface area contributed by atoms with E-state index in [-0.39, 0.29) is 6.61 Å². The van der Waals surface area contributed by atoms with E-state index < -0.39 is 11.1 Å². The summed E-state index contributed by atoms with van der Waals surface area (Å²) in [5.41, 5.74) is 2.40. The Bertz CT molecular complexity index is 1350. The predicted octanol–water partition coefficient (Wildman–Crippen LogP) is 5.79. The van der Waals surface area contributed by atoms with Gasteiger partial charge in [-0.25, -0.2) is 4.90 Å². The Morgan fingerprint density at radius 2 is 1.74 bits per heavy atom. The SMILES string of the molecule is CCOc1cc(/C=C2\SC(=O)N(c3ccccc3OC)C2=O)ccc1OCc1ccccc1C#N. The van der Waals surface area contributed by atoms with Gasteiger partial charge in [0.05, 0.1) is 35.9 Å². The fraction of sp³-hybridized carbons (Fsp3) is 0.148. The molecule has 3 aromatic carbocycles. The average molecular weight is 487 g/mol. The van der Waals surface area contributed by atoms with E-state index in [1.165, 1.54) is 7.11 Å². The smallest absolute Gasteiger partial charge is 0.298 e. The summed E-state index contributed by atoms with van der Waals surface area (Å²) in [7, 11) is 1.49. The van der Waals surface area contributed by atoms with Crippen LogP contribution in [0.1, 0.15) is 23.6 Å². The summed E-state index contributed by atoms with van der Waals surface area (Å²) >= 11 is 0.866. The number of carbonyl (C=O) groups excluding carboxylic acids is 2. The molecule has 0 saturated carbocycles. The summed E-state index contributed by atoms with van der Waals surface area (Å²) in [4.78, 5) is 27.1. The highest BCUT2D eigenvalue weighted by Crippen LogP contribution is 2.40. The van der Waals surface area contributed by atoms with E-state index in [1.807, 2.05) is 19.1 Å². The number of rotatable bonds is 8. The van der Waals surface area contributed by atoms with Crippen LogP contribution in [0.4, 0.5) is 10.5 Å². The van der Waals surface area contributed by atoms with E-state index in [9.17, 15) is 14.9 Å². The van der Waals surface area contributed by atoms with Gasteiger partial charge in [-0.05, 0) is 60.7 Å². The van der Waals surface area contributed by atoms with E-state index in [2.05, 4.69) is 6.07 Å². The van der Waals surface area contributed by atoms with Gasteiger partial charge in [-0.2, -0.15) is 5.26 Å². The van der Waals surface area contributed by atoms with Crippen molar-refractivity contribution < 1.29 is 23.8 Å². The number of anilines is 1. The molecular formula is C27H22N2O5S. The Morgan fingerprint density at radius 3 is 2.51 bits per heavy atom. The second-order valence-corrected chi connectivity index (χ2v) is 8.38. The summed E-state index contributed by atoms with van der Waals surface area (Å²) < 4.78 is 17.0. The predicted molar refractivity (Wildman–Crippen MR) is 135 cm³/mol. The highest BCUT2D eigenvalue weighted by atomic mass is 32.2. The summed E-state index contributed by atoms with van der Waals surface area (Å²) in [6.45, 7) is 2.49. The zero-order valence-corrected chi connectivity index (χ0v) is 20.0. The quantitative estimate of drug-likeness (QED) is 0.373. The van der Waals surface area contributed by atoms with Crippen LogP contribution in [0.15, 0.2) is 71.6 Å². The molecule has 4 rings (SSSR count). The summed E-state index contributed by atoms with van der Waals surface area (Å²) in [6, 6.07) is 21.6. The van der Waals surface area contributed by atoms with E-state index in [1.54, 1.807) is 60.7 Å². The van der Waals surface area contributed by atoms with Crippen LogP contribution in [0, 0.1) is 11.3 Å². The minimum absolute atomic E-state index is 0.209. The van der Waals surface area contributed by atoms with Crippen LogP contribution < -0.4 is 19.1 Å². The third-order valence-electron chi connectivity index (χ3n) is 5.21. The van der Waals surface area contributed by atoms with Crippen molar-refractivity contribution in [2.24, 2.45) is 0 Å². The number of hydrogen-bond donors (Lipinski definition) is 0. The molecular weight excluding hydrogens is 464 g/mol. The maximum atomic E-state index is 13.1. The number of hydrogen-bond acceptors (Lipinski definition) is 7. The van der Waals surface area contributed by atoms with Gasteiger partial charge in [0.25, 0.3) is 11.1 Å². The molecule has 176 valence electrons. The van der Waals surface area contributed by atoms with Gasteiger partial charge >= 0.3 is 0 Å². The lowest BCUT2D eigenvalue weighted by atomic mass is 10.1. The lowest BCUT2D eigenvalue weighted by Gasteiger charge is -2.15. The van der Waals surface area contributed by atoms with Crippen LogP contribution in [-0.4, -0.2) is 24.9 Å². The van der Waals surface area contributed by atoms with Crippen molar-refractivity contribution in [2.75, 3.05) is 18.6 Å². The van der Waals surface area contributed by atoms with Crippen LogP contribution in [0.5, 0.6) is 17.2 Å². The van der Waals surface area contributed by atoms with Gasteiger partial charge in [-0.1, -0.05) is 36.4 Å². The molecule has 7 nitrogen and oxygen atoms in total. The number of thioether (sulfide) groups is 1. The average Bonchev–Trinajstić information content (AvgIpc) is 3.16. The molecule has 0 bridgehead atoms. The molecule has 0 spiro atoms. The van der Waals surface area contributed by atoms with E-state index in [4.69, 9.17) is 14.2 Å². The molecule has 35 heavy (non-hydrogen) atoms. The Labute approximate surface area is 207 Å². The standard InChI is InChI=1S/C27H22N2O5S/c1-3-33-24-14-18(12-13-23(24)34-17-20-9-5-4-8-19(20)16-28)15-25-26(30)29(27(31)35-25)21-10-6-7-11-22(21)32-2/h4-15H,3,17H2,1-2H3/b25-15-. The number of nitrogens with zero attached hydrogens (tertiary/aromatic N) is 2. The minimum atomic E-state index is -0.420. The topological polar surface area (TPSA) is 88.9 Å². The monoisotopic (exact) mass is 486 g/mol. The summed E-state index contributed by atoms with van der Waals surface area (Å²) in [5, 5.41) is 8.89. The largest absolute Gasteiger partial charge is 0.495 e. The molecule has 1 fully saturated rings. The molecule has 1 saturated heterocycles. The first kappa shape index (κ1) is 23.9. The van der Waals surface area contributed by atoms with Crippen molar-refractivity contribution in [3.8, 4) is 23.3 Å². The van der Waals surface area contributed by atoms with Gasteiger partial charge < -0.3 is 14.2 Å². The second-order valence-electron chi connectivity index (χ2n) is 7.39. The van der Waals surface area contributed by atoms with Crippen LogP contribution in [0.3, 0.4) is 0 Å². The Morgan fingerprint density at radius 1 is 0.971 bits per heavy atom. The van der Waals surface area contributed by atoms with Gasteiger partial charge in [-0.3, -0.25) is 9.59 Å². The number of amides is 2. The second kappa shape index (κ2) is 10.8. The van der Waals surface area contributed by atoms with Gasteiger partial charge in [0.1, 0.15) is 12.4 Å². The fourth-order valence-electron chi connectivity index (χ4n) is 3.55. The number of imide groups is 1. The molecule has 3 aromatic rings. The zero-order valence-electron chi connectivity index (χ0n) is 19.2. The minimum Gasteiger partial charge on any atom is -0.495 e. The third-order valence-corrected chi connectivity index (χ3v) is 6.08. The lowest BCUT2D eigenvalue weighted by molar-refractivity contribution is -0.113. The molecule has 1 aliphatic rings. The van der Waals surface area contributed by atoms with Crippen LogP contribution in [0.2, 0.25) is 0 Å². The first-order valence-electron chi connectivity index (χ1n) is 10.8. The van der Waals surface area contributed by atoms with Gasteiger partial charge in [0.2, 0.25) is 0 Å². The third kappa shape index (κ3) is 5.15. The van der Waals surface area contributed by atoms with Crippen LogP contribution >= 0.6 is 11.8 Å². The number of methoxy groups -OCH3 is 1. The Kier molecular flexibility index (Phi) is 7.38. The van der Waals surface area contributed by atoms with Crippen molar-refractivity contribution in [3.63, 3.8) is 0 Å².